The lowest BCUT2D eigenvalue weighted by Crippen LogP contribution is -1.90. The molecule has 0 aliphatic carbocycles. The number of benzene rings is 7. The lowest BCUT2D eigenvalue weighted by Gasteiger charge is -2.12. The molecule has 3 aromatic heterocycles. The minimum absolute atomic E-state index is 0.948. The number of pyridine rings is 3. The van der Waals surface area contributed by atoms with E-state index in [9.17, 15) is 0 Å². The van der Waals surface area contributed by atoms with Gasteiger partial charge in [-0.05, 0) is 96.7 Å². The Morgan fingerprint density at radius 1 is 0.300 bits per heavy atom. The van der Waals surface area contributed by atoms with Crippen LogP contribution in [0.25, 0.3) is 98.8 Å². The second kappa shape index (κ2) is 11.5. The Labute approximate surface area is 289 Å². The van der Waals surface area contributed by atoms with E-state index in [0.29, 0.717) is 0 Å². The average molecular weight is 636 g/mol. The van der Waals surface area contributed by atoms with Crippen LogP contribution in [0.3, 0.4) is 0 Å². The van der Waals surface area contributed by atoms with E-state index >= 15 is 0 Å². The van der Waals surface area contributed by atoms with E-state index < -0.39 is 0 Å². The van der Waals surface area contributed by atoms with Crippen LogP contribution in [0.2, 0.25) is 0 Å². The minimum Gasteiger partial charge on any atom is -0.256 e. The van der Waals surface area contributed by atoms with Gasteiger partial charge in [0.1, 0.15) is 0 Å². The molecule has 10 rings (SSSR count). The van der Waals surface area contributed by atoms with Crippen molar-refractivity contribution >= 4 is 54.0 Å². The van der Waals surface area contributed by atoms with Gasteiger partial charge in [-0.25, -0.2) is 0 Å². The number of rotatable bonds is 4. The summed E-state index contributed by atoms with van der Waals surface area (Å²) in [4.78, 5) is 14.4. The molecule has 0 amide bonds. The van der Waals surface area contributed by atoms with Crippen molar-refractivity contribution in [3.63, 3.8) is 0 Å². The summed E-state index contributed by atoms with van der Waals surface area (Å²) in [5, 5.41) is 11.0. The minimum atomic E-state index is 0.948. The van der Waals surface area contributed by atoms with E-state index in [1.165, 1.54) is 43.1 Å². The predicted octanol–water partition coefficient (Wildman–Crippen LogP) is 12.3. The second-order valence-electron chi connectivity index (χ2n) is 12.9. The van der Waals surface area contributed by atoms with Gasteiger partial charge in [-0.3, -0.25) is 15.0 Å². The summed E-state index contributed by atoms with van der Waals surface area (Å²) in [6.45, 7) is 0. The molecule has 0 N–H and O–H groups in total. The lowest BCUT2D eigenvalue weighted by molar-refractivity contribution is 1.32. The highest BCUT2D eigenvalue weighted by molar-refractivity contribution is 6.11. The maximum absolute atomic E-state index is 4.96. The number of hydrogen-bond acceptors (Lipinski definition) is 3. The maximum Gasteiger partial charge on any atom is 0.0786 e. The summed E-state index contributed by atoms with van der Waals surface area (Å²) in [5.74, 6) is 0. The van der Waals surface area contributed by atoms with Gasteiger partial charge in [-0.1, -0.05) is 115 Å². The van der Waals surface area contributed by atoms with E-state index in [0.717, 1.165) is 55.7 Å². The first-order valence-corrected chi connectivity index (χ1v) is 16.9. The van der Waals surface area contributed by atoms with Crippen LogP contribution in [0.1, 0.15) is 0 Å². The van der Waals surface area contributed by atoms with Gasteiger partial charge < -0.3 is 0 Å². The van der Waals surface area contributed by atoms with Crippen molar-refractivity contribution in [2.75, 3.05) is 0 Å². The Kier molecular flexibility index (Phi) is 6.49. The van der Waals surface area contributed by atoms with Gasteiger partial charge in [0.15, 0.2) is 0 Å². The maximum atomic E-state index is 4.96. The monoisotopic (exact) mass is 635 g/mol. The summed E-state index contributed by atoms with van der Waals surface area (Å²) in [7, 11) is 0. The van der Waals surface area contributed by atoms with Crippen LogP contribution >= 0.6 is 0 Å². The molecule has 0 radical (unpaired) electrons. The summed E-state index contributed by atoms with van der Waals surface area (Å²) in [5.41, 5.74) is 9.62. The van der Waals surface area contributed by atoms with Crippen LogP contribution in [-0.4, -0.2) is 15.0 Å². The average Bonchev–Trinajstić information content (AvgIpc) is 3.20. The third-order valence-corrected chi connectivity index (χ3v) is 9.99. The molecule has 0 saturated carbocycles. The quantitative estimate of drug-likeness (QED) is 0.181. The van der Waals surface area contributed by atoms with Gasteiger partial charge in [0.2, 0.25) is 0 Å². The van der Waals surface area contributed by atoms with Gasteiger partial charge in [0.05, 0.1) is 16.9 Å². The fourth-order valence-electron chi connectivity index (χ4n) is 7.49. The summed E-state index contributed by atoms with van der Waals surface area (Å²) in [6, 6.07) is 56.3. The fraction of sp³-hybridized carbons (Fsp3) is 0. The molecular formula is C47H29N3. The van der Waals surface area contributed by atoms with Gasteiger partial charge in [-0.15, -0.1) is 0 Å². The summed E-state index contributed by atoms with van der Waals surface area (Å²) in [6.07, 6.45) is 5.74. The number of aromatic nitrogens is 3. The zero-order chi connectivity index (χ0) is 33.0. The molecular weight excluding hydrogens is 607 g/mol. The van der Waals surface area contributed by atoms with E-state index in [2.05, 4.69) is 151 Å². The normalized spacial score (nSPS) is 11.6. The highest BCUT2D eigenvalue weighted by atomic mass is 14.7. The van der Waals surface area contributed by atoms with Crippen molar-refractivity contribution in [1.29, 1.82) is 0 Å². The Hall–Kier alpha value is -6.71. The third-order valence-electron chi connectivity index (χ3n) is 9.99. The van der Waals surface area contributed by atoms with Crippen LogP contribution < -0.4 is 0 Å². The first-order valence-electron chi connectivity index (χ1n) is 16.9. The zero-order valence-corrected chi connectivity index (χ0v) is 27.1. The molecule has 0 aliphatic heterocycles. The summed E-state index contributed by atoms with van der Waals surface area (Å²) >= 11 is 0. The van der Waals surface area contributed by atoms with E-state index in [4.69, 9.17) is 9.97 Å². The third kappa shape index (κ3) is 4.71. The highest BCUT2D eigenvalue weighted by Gasteiger charge is 2.12. The smallest absolute Gasteiger partial charge is 0.0786 e. The van der Waals surface area contributed by atoms with Crippen molar-refractivity contribution < 1.29 is 0 Å². The van der Waals surface area contributed by atoms with Crippen LogP contribution in [0.4, 0.5) is 0 Å². The molecule has 0 aliphatic rings. The zero-order valence-electron chi connectivity index (χ0n) is 27.1. The molecule has 232 valence electrons. The standard InChI is InChI=1S/C47H29N3/c1-2-7-38-30(6-1)11-12-31-26-34(15-19-39(31)38)43-8-5-9-44-42(23-25-49-47(43)44)37-18-22-46(50-29-37)36-17-21-41-33(28-36)14-13-32-27-35(16-20-40(32)41)45-10-3-4-24-48-45/h1-29H. The van der Waals surface area contributed by atoms with E-state index in [1.807, 2.05) is 30.7 Å². The Bertz CT molecular complexity index is 2910. The molecule has 3 heterocycles. The first kappa shape index (κ1) is 28.3. The fourth-order valence-corrected chi connectivity index (χ4v) is 7.49. The molecule has 0 atom stereocenters. The van der Waals surface area contributed by atoms with Crippen LogP contribution in [0.15, 0.2) is 176 Å². The van der Waals surface area contributed by atoms with E-state index in [-0.39, 0.29) is 0 Å². The second-order valence-corrected chi connectivity index (χ2v) is 12.9. The molecule has 50 heavy (non-hydrogen) atoms. The highest BCUT2D eigenvalue weighted by Crippen LogP contribution is 2.37. The van der Waals surface area contributed by atoms with Gasteiger partial charge in [0.25, 0.3) is 0 Å². The Morgan fingerprint density at radius 3 is 1.60 bits per heavy atom. The van der Waals surface area contributed by atoms with Crippen molar-refractivity contribution in [1.82, 2.24) is 15.0 Å². The number of fused-ring (bicyclic) bond motifs is 7. The molecule has 0 bridgehead atoms. The number of nitrogens with zero attached hydrogens (tertiary/aromatic N) is 3. The van der Waals surface area contributed by atoms with Crippen LogP contribution in [0, 0.1) is 0 Å². The van der Waals surface area contributed by atoms with Gasteiger partial charge in [-0.2, -0.15) is 0 Å². The molecule has 7 aromatic carbocycles. The number of hydrogen-bond donors (Lipinski definition) is 0. The van der Waals surface area contributed by atoms with E-state index in [1.54, 1.807) is 0 Å². The Morgan fingerprint density at radius 2 is 0.900 bits per heavy atom. The van der Waals surface area contributed by atoms with Crippen molar-refractivity contribution in [3.05, 3.63) is 176 Å². The Balaban J connectivity index is 0.985. The molecule has 0 fully saturated rings. The molecule has 0 unspecified atom stereocenters. The predicted molar refractivity (Wildman–Crippen MR) is 209 cm³/mol. The molecule has 10 aromatic rings. The molecule has 3 nitrogen and oxygen atoms in total. The van der Waals surface area contributed by atoms with Crippen LogP contribution in [-0.2, 0) is 0 Å². The van der Waals surface area contributed by atoms with Crippen LogP contribution in [0.5, 0.6) is 0 Å². The first-order chi connectivity index (χ1) is 24.8. The van der Waals surface area contributed by atoms with Crippen molar-refractivity contribution in [2.24, 2.45) is 0 Å². The molecule has 0 saturated heterocycles. The topological polar surface area (TPSA) is 38.7 Å². The molecule has 3 heteroatoms. The number of para-hydroxylation sites is 1. The van der Waals surface area contributed by atoms with Gasteiger partial charge >= 0.3 is 0 Å². The SMILES string of the molecule is c1ccc(-c2ccc3c(ccc4cc(-c5ccc(-c6ccnc7c(-c8ccc9c(ccc%10ccccc%109)c8)cccc67)cn5)ccc43)c2)nc1. The summed E-state index contributed by atoms with van der Waals surface area (Å²) < 4.78 is 0. The largest absolute Gasteiger partial charge is 0.256 e. The lowest BCUT2D eigenvalue weighted by atomic mass is 9.94. The van der Waals surface area contributed by atoms with Gasteiger partial charge in [0, 0.05) is 46.2 Å². The van der Waals surface area contributed by atoms with Crippen molar-refractivity contribution in [3.8, 4) is 44.8 Å². The molecule has 0 spiro atoms. The van der Waals surface area contributed by atoms with Crippen molar-refractivity contribution in [2.45, 2.75) is 0 Å².